The summed E-state index contributed by atoms with van der Waals surface area (Å²) in [7, 11) is 1.50. The van der Waals surface area contributed by atoms with E-state index in [0.29, 0.717) is 17.4 Å². The maximum atomic E-state index is 12.6. The molecule has 4 nitrogen and oxygen atoms in total. The van der Waals surface area contributed by atoms with Gasteiger partial charge in [-0.1, -0.05) is 54.5 Å². The average molecular weight is 322 g/mol. The van der Waals surface area contributed by atoms with Gasteiger partial charge in [-0.05, 0) is 41.5 Å². The van der Waals surface area contributed by atoms with Crippen molar-refractivity contribution in [1.82, 2.24) is 5.32 Å². The second-order valence-corrected chi connectivity index (χ2v) is 6.28. The molecule has 124 valence electrons. The molecule has 1 saturated carbocycles. The van der Waals surface area contributed by atoms with Gasteiger partial charge in [-0.25, -0.2) is 0 Å². The molecule has 3 atom stereocenters. The van der Waals surface area contributed by atoms with Crippen LogP contribution in [0.25, 0.3) is 0 Å². The molecule has 1 fully saturated rings. The number of amides is 1. The van der Waals surface area contributed by atoms with Gasteiger partial charge in [0, 0.05) is 5.56 Å². The van der Waals surface area contributed by atoms with Crippen LogP contribution in [0, 0.1) is 11.8 Å². The number of carbonyl (C=O) groups is 1. The fraction of sp³-hybridized carbons (Fsp3) is 0.300. The maximum absolute atomic E-state index is 12.6. The molecular weight excluding hydrogens is 300 g/mol. The Labute approximate surface area is 142 Å². The van der Waals surface area contributed by atoms with Gasteiger partial charge in [0.15, 0.2) is 0 Å². The SMILES string of the molecule is CO/N=C/c1ccc(C(=O)NC(c2ccccc2)C2CC2C)cc1. The smallest absolute Gasteiger partial charge is 0.251 e. The number of hydrogen-bond donors (Lipinski definition) is 1. The van der Waals surface area contributed by atoms with Gasteiger partial charge in [-0.3, -0.25) is 4.79 Å². The maximum Gasteiger partial charge on any atom is 0.251 e. The van der Waals surface area contributed by atoms with Gasteiger partial charge in [0.2, 0.25) is 0 Å². The summed E-state index contributed by atoms with van der Waals surface area (Å²) >= 11 is 0. The summed E-state index contributed by atoms with van der Waals surface area (Å²) < 4.78 is 0. The van der Waals surface area contributed by atoms with Crippen molar-refractivity contribution in [3.8, 4) is 0 Å². The van der Waals surface area contributed by atoms with Crippen LogP contribution in [0.3, 0.4) is 0 Å². The van der Waals surface area contributed by atoms with Gasteiger partial charge in [0.05, 0.1) is 12.3 Å². The molecule has 1 aliphatic rings. The zero-order valence-corrected chi connectivity index (χ0v) is 14.0. The Balaban J connectivity index is 1.73. The van der Waals surface area contributed by atoms with Crippen LogP contribution in [0.5, 0.6) is 0 Å². The minimum absolute atomic E-state index is 0.0433. The highest BCUT2D eigenvalue weighted by Crippen LogP contribution is 2.47. The second kappa shape index (κ2) is 7.30. The molecule has 3 rings (SSSR count). The van der Waals surface area contributed by atoms with Crippen molar-refractivity contribution in [3.63, 3.8) is 0 Å². The zero-order chi connectivity index (χ0) is 16.9. The van der Waals surface area contributed by atoms with E-state index < -0.39 is 0 Å². The molecule has 0 saturated heterocycles. The number of rotatable bonds is 6. The van der Waals surface area contributed by atoms with Gasteiger partial charge in [0.25, 0.3) is 5.91 Å². The molecule has 0 heterocycles. The predicted octanol–water partition coefficient (Wildman–Crippen LogP) is 3.79. The lowest BCUT2D eigenvalue weighted by Crippen LogP contribution is -2.30. The molecule has 1 N–H and O–H groups in total. The summed E-state index contributed by atoms with van der Waals surface area (Å²) in [6.45, 7) is 2.23. The van der Waals surface area contributed by atoms with Gasteiger partial charge in [-0.2, -0.15) is 0 Å². The number of nitrogens with zero attached hydrogens (tertiary/aromatic N) is 1. The molecule has 3 unspecified atom stereocenters. The lowest BCUT2D eigenvalue weighted by Gasteiger charge is -2.19. The summed E-state index contributed by atoms with van der Waals surface area (Å²) in [5.41, 5.74) is 2.71. The van der Waals surface area contributed by atoms with Crippen LogP contribution in [0.4, 0.5) is 0 Å². The van der Waals surface area contributed by atoms with E-state index in [0.717, 1.165) is 12.0 Å². The Kier molecular flexibility index (Phi) is 4.94. The molecule has 2 aromatic rings. The third kappa shape index (κ3) is 3.82. The molecule has 0 radical (unpaired) electrons. The molecular formula is C20H22N2O2. The molecule has 0 spiro atoms. The summed E-state index contributed by atoms with van der Waals surface area (Å²) in [6, 6.07) is 17.6. The molecule has 0 aromatic heterocycles. The number of oxime groups is 1. The van der Waals surface area contributed by atoms with E-state index in [2.05, 4.69) is 34.4 Å². The van der Waals surface area contributed by atoms with E-state index in [1.807, 2.05) is 42.5 Å². The third-order valence-corrected chi connectivity index (χ3v) is 4.53. The first kappa shape index (κ1) is 16.2. The lowest BCUT2D eigenvalue weighted by atomic mass is 10.0. The Bertz CT molecular complexity index is 710. The highest BCUT2D eigenvalue weighted by Gasteiger charge is 2.40. The normalized spacial score (nSPS) is 20.6. The van der Waals surface area contributed by atoms with Crippen molar-refractivity contribution >= 4 is 12.1 Å². The summed E-state index contributed by atoms with van der Waals surface area (Å²) in [5.74, 6) is 1.13. The van der Waals surface area contributed by atoms with Crippen LogP contribution in [-0.2, 0) is 4.84 Å². The Hall–Kier alpha value is -2.62. The molecule has 2 aromatic carbocycles. The molecule has 4 heteroatoms. The van der Waals surface area contributed by atoms with E-state index in [1.54, 1.807) is 6.21 Å². The minimum Gasteiger partial charge on any atom is -0.399 e. The number of hydrogen-bond acceptors (Lipinski definition) is 3. The van der Waals surface area contributed by atoms with Crippen molar-refractivity contribution in [3.05, 3.63) is 71.3 Å². The molecule has 1 amide bonds. The average Bonchev–Trinajstić information content (AvgIpc) is 3.35. The van der Waals surface area contributed by atoms with Crippen LogP contribution < -0.4 is 5.32 Å². The number of carbonyl (C=O) groups excluding carboxylic acids is 1. The quantitative estimate of drug-likeness (QED) is 0.650. The van der Waals surface area contributed by atoms with Crippen molar-refractivity contribution < 1.29 is 9.63 Å². The van der Waals surface area contributed by atoms with Crippen molar-refractivity contribution in [1.29, 1.82) is 0 Å². The van der Waals surface area contributed by atoms with Crippen molar-refractivity contribution in [2.24, 2.45) is 17.0 Å². The fourth-order valence-electron chi connectivity index (χ4n) is 2.97. The third-order valence-electron chi connectivity index (χ3n) is 4.53. The number of nitrogens with one attached hydrogen (secondary N) is 1. The highest BCUT2D eigenvalue weighted by atomic mass is 16.6. The summed E-state index contributed by atoms with van der Waals surface area (Å²) in [6.07, 6.45) is 2.77. The monoisotopic (exact) mass is 322 g/mol. The highest BCUT2D eigenvalue weighted by molar-refractivity contribution is 5.95. The van der Waals surface area contributed by atoms with E-state index in [9.17, 15) is 4.79 Å². The summed E-state index contributed by atoms with van der Waals surface area (Å²) in [5, 5.41) is 6.93. The van der Waals surface area contributed by atoms with Crippen molar-refractivity contribution in [2.45, 2.75) is 19.4 Å². The fourth-order valence-corrected chi connectivity index (χ4v) is 2.97. The first-order valence-corrected chi connectivity index (χ1v) is 8.21. The standard InChI is InChI=1S/C20H22N2O2/c1-14-12-18(14)19(16-6-4-3-5-7-16)22-20(23)17-10-8-15(9-11-17)13-21-24-2/h3-11,13-14,18-19H,12H2,1-2H3,(H,22,23)/b21-13+. The van der Waals surface area contributed by atoms with Crippen molar-refractivity contribution in [2.75, 3.05) is 7.11 Å². The van der Waals surface area contributed by atoms with E-state index in [4.69, 9.17) is 0 Å². The second-order valence-electron chi connectivity index (χ2n) is 6.28. The molecule has 1 aliphatic carbocycles. The first-order valence-electron chi connectivity index (χ1n) is 8.21. The van der Waals surface area contributed by atoms with Crippen LogP contribution in [-0.4, -0.2) is 19.2 Å². The van der Waals surface area contributed by atoms with Gasteiger partial charge in [0.1, 0.15) is 7.11 Å². The van der Waals surface area contributed by atoms with Crippen LogP contribution in [0.1, 0.15) is 40.9 Å². The van der Waals surface area contributed by atoms with Gasteiger partial charge in [-0.15, -0.1) is 0 Å². The van der Waals surface area contributed by atoms with Gasteiger partial charge >= 0.3 is 0 Å². The molecule has 0 bridgehead atoms. The first-order chi connectivity index (χ1) is 11.7. The van der Waals surface area contributed by atoms with Gasteiger partial charge < -0.3 is 10.2 Å². The van der Waals surface area contributed by atoms with E-state index in [1.165, 1.54) is 12.7 Å². The topological polar surface area (TPSA) is 50.7 Å². The predicted molar refractivity (Wildman–Crippen MR) is 95.0 cm³/mol. The number of benzene rings is 2. The summed E-state index contributed by atoms with van der Waals surface area (Å²) in [4.78, 5) is 17.3. The molecule has 24 heavy (non-hydrogen) atoms. The zero-order valence-electron chi connectivity index (χ0n) is 14.0. The Morgan fingerprint density at radius 1 is 1.21 bits per heavy atom. The van der Waals surface area contributed by atoms with E-state index in [-0.39, 0.29) is 11.9 Å². The van der Waals surface area contributed by atoms with E-state index >= 15 is 0 Å². The lowest BCUT2D eigenvalue weighted by molar-refractivity contribution is 0.0930. The molecule has 0 aliphatic heterocycles. The van der Waals surface area contributed by atoms with Crippen LogP contribution >= 0.6 is 0 Å². The minimum atomic E-state index is -0.0433. The largest absolute Gasteiger partial charge is 0.399 e. The van der Waals surface area contributed by atoms with Crippen LogP contribution in [0.15, 0.2) is 59.8 Å². The van der Waals surface area contributed by atoms with Crippen LogP contribution in [0.2, 0.25) is 0 Å². The Morgan fingerprint density at radius 3 is 2.46 bits per heavy atom. The Morgan fingerprint density at radius 2 is 1.88 bits per heavy atom.